The van der Waals surface area contributed by atoms with Crippen molar-refractivity contribution in [3.8, 4) is 0 Å². The zero-order valence-corrected chi connectivity index (χ0v) is 20.8. The Morgan fingerprint density at radius 3 is 2.21 bits per heavy atom. The van der Waals surface area contributed by atoms with Crippen molar-refractivity contribution in [3.63, 3.8) is 0 Å². The van der Waals surface area contributed by atoms with Gasteiger partial charge in [0.25, 0.3) is 5.79 Å². The number of aliphatic hydroxyl groups excluding tert-OH is 1. The predicted molar refractivity (Wildman–Crippen MR) is 124 cm³/mol. The average Bonchev–Trinajstić information content (AvgIpc) is 3.16. The SMILES string of the molecule is CC(C)(C)OC(=O)N1CSC[C@@H]1C(O)=C1C(=O)OC(C)(C)OC1=O.CN(C)c1ccncc1. The molecule has 0 bridgehead atoms. The molecule has 0 spiro atoms. The molecule has 182 valence electrons. The number of ether oxygens (including phenoxy) is 3. The molecule has 0 aliphatic carbocycles. The highest BCUT2D eigenvalue weighted by molar-refractivity contribution is 7.99. The van der Waals surface area contributed by atoms with Crippen molar-refractivity contribution in [1.29, 1.82) is 0 Å². The van der Waals surface area contributed by atoms with Crippen LogP contribution in [0.3, 0.4) is 0 Å². The van der Waals surface area contributed by atoms with Crippen molar-refractivity contribution in [2.75, 3.05) is 30.6 Å². The molecule has 0 saturated carbocycles. The number of hydrogen-bond acceptors (Lipinski definition) is 10. The highest BCUT2D eigenvalue weighted by atomic mass is 32.2. The van der Waals surface area contributed by atoms with Crippen molar-refractivity contribution in [3.05, 3.63) is 35.9 Å². The minimum Gasteiger partial charge on any atom is -0.509 e. The molecule has 0 unspecified atom stereocenters. The van der Waals surface area contributed by atoms with Gasteiger partial charge in [0.2, 0.25) is 0 Å². The number of thioether (sulfide) groups is 1. The van der Waals surface area contributed by atoms with Gasteiger partial charge in [-0.1, -0.05) is 0 Å². The number of esters is 2. The lowest BCUT2D eigenvalue weighted by Crippen LogP contribution is -2.46. The summed E-state index contributed by atoms with van der Waals surface area (Å²) in [7, 11) is 4.02. The second-order valence-corrected chi connectivity index (χ2v) is 10.0. The topological polar surface area (TPSA) is 118 Å². The van der Waals surface area contributed by atoms with Crippen LogP contribution in [0.25, 0.3) is 0 Å². The quantitative estimate of drug-likeness (QED) is 0.292. The van der Waals surface area contributed by atoms with E-state index in [9.17, 15) is 19.5 Å². The van der Waals surface area contributed by atoms with Crippen LogP contribution in [-0.4, -0.2) is 76.2 Å². The van der Waals surface area contributed by atoms with Crippen LogP contribution in [-0.2, 0) is 23.8 Å². The number of aliphatic hydroxyl groups is 1. The van der Waals surface area contributed by atoms with Crippen LogP contribution in [0.4, 0.5) is 10.5 Å². The molecular formula is C22H31N3O7S. The molecule has 2 aliphatic heterocycles. The Labute approximate surface area is 197 Å². The third kappa shape index (κ3) is 7.28. The first kappa shape index (κ1) is 26.3. The number of carbonyl (C=O) groups is 3. The lowest BCUT2D eigenvalue weighted by atomic mass is 10.1. The molecule has 3 rings (SSSR count). The largest absolute Gasteiger partial charge is 0.509 e. The number of carbonyl (C=O) groups excluding carboxylic acids is 3. The number of amides is 1. The van der Waals surface area contributed by atoms with Gasteiger partial charge in [-0.3, -0.25) is 9.88 Å². The molecule has 11 heteroatoms. The molecule has 1 amide bonds. The van der Waals surface area contributed by atoms with Crippen LogP contribution in [0.1, 0.15) is 34.6 Å². The first-order valence-electron chi connectivity index (χ1n) is 10.3. The number of rotatable bonds is 2. The van der Waals surface area contributed by atoms with Gasteiger partial charge in [-0.25, -0.2) is 14.4 Å². The molecule has 0 aromatic carbocycles. The summed E-state index contributed by atoms with van der Waals surface area (Å²) in [6.07, 6.45) is 2.94. The molecular weight excluding hydrogens is 450 g/mol. The fourth-order valence-corrected chi connectivity index (χ4v) is 3.99. The van der Waals surface area contributed by atoms with Crippen LogP contribution >= 0.6 is 11.8 Å². The Balaban J connectivity index is 0.000000357. The summed E-state index contributed by atoms with van der Waals surface area (Å²) in [6.45, 7) is 7.99. The molecule has 1 aromatic rings. The lowest BCUT2D eigenvalue weighted by Gasteiger charge is -2.32. The zero-order chi connectivity index (χ0) is 25.0. The molecule has 2 fully saturated rings. The number of nitrogens with zero attached hydrogens (tertiary/aromatic N) is 3. The number of hydrogen-bond donors (Lipinski definition) is 1. The van der Waals surface area contributed by atoms with E-state index in [1.54, 1.807) is 33.2 Å². The van der Waals surface area contributed by atoms with E-state index >= 15 is 0 Å². The Hall–Kier alpha value is -2.95. The summed E-state index contributed by atoms with van der Waals surface area (Å²) in [5, 5.41) is 10.4. The maximum Gasteiger partial charge on any atom is 0.411 e. The Kier molecular flexibility index (Phi) is 8.23. The van der Waals surface area contributed by atoms with E-state index in [1.807, 2.05) is 31.1 Å². The average molecular weight is 482 g/mol. The zero-order valence-electron chi connectivity index (χ0n) is 19.9. The van der Waals surface area contributed by atoms with Gasteiger partial charge >= 0.3 is 18.0 Å². The van der Waals surface area contributed by atoms with Gasteiger partial charge in [-0.05, 0) is 32.9 Å². The van der Waals surface area contributed by atoms with Gasteiger partial charge in [0.05, 0.1) is 5.88 Å². The molecule has 10 nitrogen and oxygen atoms in total. The first-order valence-corrected chi connectivity index (χ1v) is 11.4. The minimum atomic E-state index is -1.40. The van der Waals surface area contributed by atoms with E-state index in [1.165, 1.54) is 36.2 Å². The second kappa shape index (κ2) is 10.3. The Morgan fingerprint density at radius 2 is 1.76 bits per heavy atom. The van der Waals surface area contributed by atoms with E-state index in [0.29, 0.717) is 5.75 Å². The Morgan fingerprint density at radius 1 is 1.21 bits per heavy atom. The van der Waals surface area contributed by atoms with Gasteiger partial charge in [-0.2, -0.15) is 0 Å². The predicted octanol–water partition coefficient (Wildman–Crippen LogP) is 3.09. The molecule has 1 atom stereocenters. The minimum absolute atomic E-state index is 0.270. The smallest absolute Gasteiger partial charge is 0.411 e. The standard InChI is InChI=1S/C15H21NO7S.C7H10N2/c1-14(2,3)23-13(20)16-7-24-6-8(16)10(17)9-11(18)21-15(4,5)22-12(9)19;1-9(2)7-3-5-8-6-4-7/h8,17H,6-7H2,1-5H3;3-6H,1-2H3/t8-;/m1./s1. The van der Waals surface area contributed by atoms with Crippen molar-refractivity contribution in [2.45, 2.75) is 52.0 Å². The van der Waals surface area contributed by atoms with Crippen molar-refractivity contribution in [1.82, 2.24) is 9.88 Å². The third-order valence-electron chi connectivity index (χ3n) is 4.35. The molecule has 3 heterocycles. The van der Waals surface area contributed by atoms with Crippen LogP contribution < -0.4 is 4.90 Å². The summed E-state index contributed by atoms with van der Waals surface area (Å²) in [5.74, 6) is -3.31. The van der Waals surface area contributed by atoms with Crippen molar-refractivity contribution in [2.24, 2.45) is 0 Å². The van der Waals surface area contributed by atoms with Gasteiger partial charge in [-0.15, -0.1) is 11.8 Å². The molecule has 33 heavy (non-hydrogen) atoms. The van der Waals surface area contributed by atoms with Crippen LogP contribution in [0.15, 0.2) is 35.9 Å². The van der Waals surface area contributed by atoms with E-state index in [4.69, 9.17) is 14.2 Å². The number of cyclic esters (lactones) is 2. The summed E-state index contributed by atoms with van der Waals surface area (Å²) in [6, 6.07) is 3.08. The highest BCUT2D eigenvalue weighted by Crippen LogP contribution is 2.31. The molecule has 2 saturated heterocycles. The van der Waals surface area contributed by atoms with E-state index in [-0.39, 0.29) is 5.88 Å². The number of anilines is 1. The van der Waals surface area contributed by atoms with Gasteiger partial charge in [0, 0.05) is 51.8 Å². The van der Waals surface area contributed by atoms with Gasteiger partial charge < -0.3 is 24.2 Å². The monoisotopic (exact) mass is 481 g/mol. The number of pyridine rings is 1. The normalized spacial score (nSPS) is 19.7. The second-order valence-electron chi connectivity index (χ2n) is 9.00. The van der Waals surface area contributed by atoms with E-state index in [2.05, 4.69) is 4.98 Å². The lowest BCUT2D eigenvalue weighted by molar-refractivity contribution is -0.222. The van der Waals surface area contributed by atoms with Crippen LogP contribution in [0, 0.1) is 0 Å². The summed E-state index contributed by atoms with van der Waals surface area (Å²) < 4.78 is 15.2. The van der Waals surface area contributed by atoms with E-state index in [0.717, 1.165) is 0 Å². The molecule has 1 aromatic heterocycles. The number of aromatic nitrogens is 1. The maximum atomic E-state index is 12.2. The maximum absolute atomic E-state index is 12.2. The summed E-state index contributed by atoms with van der Waals surface area (Å²) in [5.41, 5.74) is -0.106. The first-order chi connectivity index (χ1) is 15.2. The highest BCUT2D eigenvalue weighted by Gasteiger charge is 2.45. The van der Waals surface area contributed by atoms with E-state index < -0.39 is 46.8 Å². The van der Waals surface area contributed by atoms with Crippen molar-refractivity contribution >= 4 is 35.5 Å². The Bertz CT molecular complexity index is 888. The van der Waals surface area contributed by atoms with Crippen molar-refractivity contribution < 1.29 is 33.7 Å². The van der Waals surface area contributed by atoms with Gasteiger partial charge in [0.15, 0.2) is 5.57 Å². The van der Waals surface area contributed by atoms with Gasteiger partial charge in [0.1, 0.15) is 17.4 Å². The molecule has 2 aliphatic rings. The molecule has 1 N–H and O–H groups in total. The summed E-state index contributed by atoms with van der Waals surface area (Å²) >= 11 is 1.37. The van der Waals surface area contributed by atoms with Crippen LogP contribution in [0.2, 0.25) is 0 Å². The molecule has 0 radical (unpaired) electrons. The fourth-order valence-electron chi connectivity index (χ4n) is 2.84. The fraction of sp³-hybridized carbons (Fsp3) is 0.545. The summed E-state index contributed by atoms with van der Waals surface area (Å²) in [4.78, 5) is 43.5. The van der Waals surface area contributed by atoms with Crippen LogP contribution in [0.5, 0.6) is 0 Å². The third-order valence-corrected chi connectivity index (χ3v) is 5.36.